The molecule has 0 nitrogen and oxygen atoms in total. The highest BCUT2D eigenvalue weighted by Gasteiger charge is 2.19. The van der Waals surface area contributed by atoms with E-state index in [2.05, 4.69) is 0 Å². The minimum atomic E-state index is -0.300. The molecule has 0 radical (unpaired) electrons. The molecule has 0 atom stereocenters. The summed E-state index contributed by atoms with van der Waals surface area (Å²) in [4.78, 5) is 0. The Morgan fingerprint density at radius 1 is 0.833 bits per heavy atom. The number of benzene rings is 2. The molecule has 0 unspecified atom stereocenters. The molecule has 0 spiro atoms. The van der Waals surface area contributed by atoms with Crippen LogP contribution in [0.4, 0.5) is 8.78 Å². The van der Waals surface area contributed by atoms with Crippen molar-refractivity contribution in [3.05, 3.63) is 59.7 Å². The minimum Gasteiger partial charge on any atom is -0.207 e. The summed E-state index contributed by atoms with van der Waals surface area (Å²) in [6.07, 6.45) is 0. The van der Waals surface area contributed by atoms with Crippen LogP contribution in [-0.4, -0.2) is 0 Å². The molecule has 18 heavy (non-hydrogen) atoms. The van der Waals surface area contributed by atoms with E-state index in [1.54, 1.807) is 30.3 Å². The van der Waals surface area contributed by atoms with Gasteiger partial charge in [0.2, 0.25) is 0 Å². The van der Waals surface area contributed by atoms with E-state index in [-0.39, 0.29) is 17.0 Å². The zero-order valence-electron chi connectivity index (χ0n) is 10.8. The molecule has 2 heteroatoms. The fraction of sp³-hybridized carbons (Fsp3) is 0.250. The van der Waals surface area contributed by atoms with E-state index in [1.807, 2.05) is 20.8 Å². The van der Waals surface area contributed by atoms with Crippen LogP contribution in [0.25, 0.3) is 11.1 Å². The number of hydrogen-bond donors (Lipinski definition) is 0. The fourth-order valence-corrected chi connectivity index (χ4v) is 1.96. The summed E-state index contributed by atoms with van der Waals surface area (Å²) >= 11 is 0. The molecule has 2 aromatic rings. The molecule has 0 bridgehead atoms. The lowest BCUT2D eigenvalue weighted by Crippen LogP contribution is -2.13. The summed E-state index contributed by atoms with van der Waals surface area (Å²) in [6, 6.07) is 11.3. The molecule has 0 fully saturated rings. The lowest BCUT2D eigenvalue weighted by atomic mass is 9.85. The number of rotatable bonds is 1. The van der Waals surface area contributed by atoms with Crippen LogP contribution in [0.15, 0.2) is 42.5 Å². The molecule has 0 N–H and O–H groups in total. The minimum absolute atomic E-state index is 0.248. The van der Waals surface area contributed by atoms with Gasteiger partial charge < -0.3 is 0 Å². The van der Waals surface area contributed by atoms with Crippen molar-refractivity contribution in [3.63, 3.8) is 0 Å². The average Bonchev–Trinajstić information content (AvgIpc) is 2.29. The molecule has 2 rings (SSSR count). The molecule has 0 saturated heterocycles. The van der Waals surface area contributed by atoms with Crippen LogP contribution in [0.1, 0.15) is 26.3 Å². The summed E-state index contributed by atoms with van der Waals surface area (Å²) in [6.45, 7) is 5.82. The number of halogens is 2. The second-order valence-electron chi connectivity index (χ2n) is 5.42. The van der Waals surface area contributed by atoms with Crippen LogP contribution in [0.5, 0.6) is 0 Å². The van der Waals surface area contributed by atoms with E-state index >= 15 is 0 Å². The Labute approximate surface area is 106 Å². The summed E-state index contributed by atoms with van der Waals surface area (Å²) in [5.41, 5.74) is 1.51. The van der Waals surface area contributed by atoms with E-state index in [4.69, 9.17) is 0 Å². The van der Waals surface area contributed by atoms with Crippen LogP contribution in [0, 0.1) is 11.6 Å². The molecule has 0 aromatic heterocycles. The van der Waals surface area contributed by atoms with Crippen LogP contribution in [0.3, 0.4) is 0 Å². The van der Waals surface area contributed by atoms with Crippen molar-refractivity contribution in [2.75, 3.05) is 0 Å². The van der Waals surface area contributed by atoms with Gasteiger partial charge in [0.1, 0.15) is 11.6 Å². The zero-order chi connectivity index (χ0) is 13.3. The maximum atomic E-state index is 13.8. The first-order valence-corrected chi connectivity index (χ1v) is 5.94. The Kier molecular flexibility index (Phi) is 3.20. The molecular formula is C16H16F2. The highest BCUT2D eigenvalue weighted by molar-refractivity contribution is 5.65. The van der Waals surface area contributed by atoms with Gasteiger partial charge in [0.25, 0.3) is 0 Å². The molecule has 0 aliphatic carbocycles. The zero-order valence-corrected chi connectivity index (χ0v) is 10.8. The van der Waals surface area contributed by atoms with Crippen molar-refractivity contribution in [2.24, 2.45) is 0 Å². The summed E-state index contributed by atoms with van der Waals surface area (Å²) < 4.78 is 27.5. The van der Waals surface area contributed by atoms with Crippen molar-refractivity contribution in [1.29, 1.82) is 0 Å². The van der Waals surface area contributed by atoms with Gasteiger partial charge in [-0.1, -0.05) is 45.0 Å². The van der Waals surface area contributed by atoms with Crippen molar-refractivity contribution < 1.29 is 8.78 Å². The molecule has 0 aliphatic heterocycles. The van der Waals surface area contributed by atoms with Crippen molar-refractivity contribution >= 4 is 0 Å². The van der Waals surface area contributed by atoms with Crippen molar-refractivity contribution in [3.8, 4) is 11.1 Å². The lowest BCUT2D eigenvalue weighted by Gasteiger charge is -2.20. The van der Waals surface area contributed by atoms with Gasteiger partial charge in [0.15, 0.2) is 0 Å². The predicted octanol–water partition coefficient (Wildman–Crippen LogP) is 4.93. The highest BCUT2D eigenvalue weighted by Crippen LogP contribution is 2.30. The quantitative estimate of drug-likeness (QED) is 0.669. The van der Waals surface area contributed by atoms with Crippen molar-refractivity contribution in [1.82, 2.24) is 0 Å². The Morgan fingerprint density at radius 3 is 2.11 bits per heavy atom. The second kappa shape index (κ2) is 4.52. The van der Waals surface area contributed by atoms with E-state index in [1.165, 1.54) is 12.1 Å². The average molecular weight is 246 g/mol. The van der Waals surface area contributed by atoms with Gasteiger partial charge in [0, 0.05) is 5.56 Å². The molecule has 2 aromatic carbocycles. The highest BCUT2D eigenvalue weighted by atomic mass is 19.1. The summed E-state index contributed by atoms with van der Waals surface area (Å²) in [5, 5.41) is 0. The van der Waals surface area contributed by atoms with E-state index < -0.39 is 0 Å². The van der Waals surface area contributed by atoms with E-state index in [0.29, 0.717) is 16.7 Å². The van der Waals surface area contributed by atoms with Gasteiger partial charge in [-0.3, -0.25) is 0 Å². The largest absolute Gasteiger partial charge is 0.207 e. The Morgan fingerprint density at radius 2 is 1.50 bits per heavy atom. The first-order valence-electron chi connectivity index (χ1n) is 5.94. The van der Waals surface area contributed by atoms with Gasteiger partial charge in [-0.15, -0.1) is 0 Å². The Hall–Kier alpha value is -1.70. The smallest absolute Gasteiger partial charge is 0.131 e. The van der Waals surface area contributed by atoms with Crippen LogP contribution >= 0.6 is 0 Å². The maximum Gasteiger partial charge on any atom is 0.131 e. The van der Waals surface area contributed by atoms with Gasteiger partial charge in [-0.2, -0.15) is 0 Å². The van der Waals surface area contributed by atoms with Gasteiger partial charge >= 0.3 is 0 Å². The lowest BCUT2D eigenvalue weighted by molar-refractivity contribution is 0.523. The van der Waals surface area contributed by atoms with Gasteiger partial charge in [0.05, 0.1) is 0 Å². The van der Waals surface area contributed by atoms with Gasteiger partial charge in [-0.25, -0.2) is 8.78 Å². The molecule has 94 valence electrons. The van der Waals surface area contributed by atoms with Crippen LogP contribution in [0.2, 0.25) is 0 Å². The normalized spacial score (nSPS) is 11.6. The predicted molar refractivity (Wildman–Crippen MR) is 70.5 cm³/mol. The monoisotopic (exact) mass is 246 g/mol. The van der Waals surface area contributed by atoms with E-state index in [9.17, 15) is 8.78 Å². The van der Waals surface area contributed by atoms with E-state index in [0.717, 1.165) is 0 Å². The summed E-state index contributed by atoms with van der Waals surface area (Å²) in [7, 11) is 0. The Balaban J connectivity index is 2.58. The first-order chi connectivity index (χ1) is 8.39. The number of hydrogen-bond acceptors (Lipinski definition) is 0. The van der Waals surface area contributed by atoms with Gasteiger partial charge in [-0.05, 0) is 34.7 Å². The third kappa shape index (κ3) is 2.42. The Bertz CT molecular complexity index is 566. The third-order valence-corrected chi connectivity index (χ3v) is 2.96. The molecule has 0 amide bonds. The van der Waals surface area contributed by atoms with Crippen LogP contribution < -0.4 is 0 Å². The standard InChI is InChI=1S/C16H16F2/c1-16(2,3)13-10-11(8-9-15(13)18)12-6-4-5-7-14(12)17/h4-10H,1-3H3. The summed E-state index contributed by atoms with van der Waals surface area (Å²) in [5.74, 6) is -0.536. The molecule has 0 aliphatic rings. The maximum absolute atomic E-state index is 13.8. The molecular weight excluding hydrogens is 230 g/mol. The molecule has 0 heterocycles. The first kappa shape index (κ1) is 12.7. The SMILES string of the molecule is CC(C)(C)c1cc(-c2ccccc2F)ccc1F. The van der Waals surface area contributed by atoms with Crippen LogP contribution in [-0.2, 0) is 5.41 Å². The molecule has 0 saturated carbocycles. The fourth-order valence-electron chi connectivity index (χ4n) is 1.96. The van der Waals surface area contributed by atoms with Crippen molar-refractivity contribution in [2.45, 2.75) is 26.2 Å². The topological polar surface area (TPSA) is 0 Å². The third-order valence-electron chi connectivity index (χ3n) is 2.96. The second-order valence-corrected chi connectivity index (χ2v) is 5.42.